The Kier molecular flexibility index (Phi) is 4.61. The third kappa shape index (κ3) is 3.70. The lowest BCUT2D eigenvalue weighted by Gasteiger charge is -2.12. The molecule has 7 heteroatoms. The molecule has 0 spiro atoms. The molecule has 0 bridgehead atoms. The zero-order chi connectivity index (χ0) is 13.7. The van der Waals surface area contributed by atoms with Crippen LogP contribution < -0.4 is 10.6 Å². The highest BCUT2D eigenvalue weighted by atomic mass is 19.1. The number of anilines is 1. The van der Waals surface area contributed by atoms with Crippen molar-refractivity contribution in [1.82, 2.24) is 5.32 Å². The predicted octanol–water partition coefficient (Wildman–Crippen LogP) is 0.701. The molecule has 0 aliphatic heterocycles. The summed E-state index contributed by atoms with van der Waals surface area (Å²) in [7, 11) is 0. The van der Waals surface area contributed by atoms with Crippen molar-refractivity contribution in [2.75, 3.05) is 11.9 Å². The predicted molar refractivity (Wildman–Crippen MR) is 61.8 cm³/mol. The van der Waals surface area contributed by atoms with E-state index >= 15 is 0 Å². The van der Waals surface area contributed by atoms with Crippen molar-refractivity contribution in [3.63, 3.8) is 0 Å². The van der Waals surface area contributed by atoms with Crippen molar-refractivity contribution < 1.29 is 24.2 Å². The molecule has 1 atom stereocenters. The number of carboxylic acids is 1. The first-order valence-electron chi connectivity index (χ1n) is 5.11. The Morgan fingerprint density at radius 2 is 2.11 bits per heavy atom. The molecule has 2 amide bonds. The highest BCUT2D eigenvalue weighted by Gasteiger charge is 2.18. The van der Waals surface area contributed by atoms with Gasteiger partial charge in [0.25, 0.3) is 0 Å². The Hall–Kier alpha value is -2.15. The minimum Gasteiger partial charge on any atom is -0.480 e. The molecule has 0 aliphatic carbocycles. The summed E-state index contributed by atoms with van der Waals surface area (Å²) >= 11 is 0. The third-order valence-corrected chi connectivity index (χ3v) is 2.22. The number of benzene rings is 1. The fraction of sp³-hybridized carbons (Fsp3) is 0.273. The molecule has 0 fully saturated rings. The maximum atomic E-state index is 13.2. The van der Waals surface area contributed by atoms with Gasteiger partial charge in [-0.15, -0.1) is 0 Å². The van der Waals surface area contributed by atoms with Crippen LogP contribution in [-0.2, 0) is 4.79 Å². The lowest BCUT2D eigenvalue weighted by atomic mass is 10.2. The molecule has 0 saturated heterocycles. The van der Waals surface area contributed by atoms with Gasteiger partial charge in [-0.05, 0) is 24.6 Å². The Bertz CT molecular complexity index is 464. The highest BCUT2D eigenvalue weighted by Crippen LogP contribution is 2.13. The number of carbonyl (C=O) groups is 2. The van der Waals surface area contributed by atoms with Crippen molar-refractivity contribution in [2.24, 2.45) is 0 Å². The molecule has 0 radical (unpaired) electrons. The smallest absolute Gasteiger partial charge is 0.328 e. The molecule has 18 heavy (non-hydrogen) atoms. The Labute approximate surface area is 102 Å². The van der Waals surface area contributed by atoms with Gasteiger partial charge < -0.3 is 20.8 Å². The molecule has 98 valence electrons. The van der Waals surface area contributed by atoms with Crippen molar-refractivity contribution >= 4 is 17.7 Å². The zero-order valence-corrected chi connectivity index (χ0v) is 9.61. The van der Waals surface area contributed by atoms with Crippen LogP contribution in [0.3, 0.4) is 0 Å². The number of carbonyl (C=O) groups excluding carboxylic acids is 1. The SMILES string of the molecule is Cc1ccc(NC(=O)N[C@H](CO)C(=O)O)cc1F. The van der Waals surface area contributed by atoms with Crippen LogP contribution >= 0.6 is 0 Å². The molecule has 0 heterocycles. The maximum absolute atomic E-state index is 13.2. The van der Waals surface area contributed by atoms with Gasteiger partial charge in [-0.2, -0.15) is 0 Å². The highest BCUT2D eigenvalue weighted by molar-refractivity contribution is 5.92. The lowest BCUT2D eigenvalue weighted by molar-refractivity contribution is -0.140. The number of urea groups is 1. The van der Waals surface area contributed by atoms with E-state index in [1.165, 1.54) is 12.1 Å². The minimum atomic E-state index is -1.40. The number of aliphatic hydroxyl groups is 1. The second-order valence-corrected chi connectivity index (χ2v) is 3.64. The number of aliphatic carboxylic acids is 1. The second kappa shape index (κ2) is 5.97. The molecule has 1 rings (SSSR count). The number of halogens is 1. The second-order valence-electron chi connectivity index (χ2n) is 3.64. The summed E-state index contributed by atoms with van der Waals surface area (Å²) in [6.45, 7) is 0.844. The number of amides is 2. The molecule has 0 aromatic heterocycles. The van der Waals surface area contributed by atoms with Gasteiger partial charge in [0.2, 0.25) is 0 Å². The largest absolute Gasteiger partial charge is 0.480 e. The summed E-state index contributed by atoms with van der Waals surface area (Å²) < 4.78 is 13.2. The van der Waals surface area contributed by atoms with E-state index in [0.29, 0.717) is 5.56 Å². The van der Waals surface area contributed by atoms with Gasteiger partial charge in [-0.3, -0.25) is 0 Å². The van der Waals surface area contributed by atoms with Crippen LogP contribution in [0.4, 0.5) is 14.9 Å². The molecular weight excluding hydrogens is 243 g/mol. The topological polar surface area (TPSA) is 98.7 Å². The molecule has 6 nitrogen and oxygen atoms in total. The quantitative estimate of drug-likeness (QED) is 0.637. The first-order chi connectivity index (χ1) is 8.43. The summed E-state index contributed by atoms with van der Waals surface area (Å²) in [5.74, 6) is -1.84. The van der Waals surface area contributed by atoms with Crippen LogP contribution in [0.5, 0.6) is 0 Å². The van der Waals surface area contributed by atoms with E-state index in [1.807, 2.05) is 5.32 Å². The molecule has 1 aromatic carbocycles. The van der Waals surface area contributed by atoms with Crippen LogP contribution in [0.15, 0.2) is 18.2 Å². The number of aliphatic hydroxyl groups excluding tert-OH is 1. The molecule has 0 aliphatic rings. The van der Waals surface area contributed by atoms with Gasteiger partial charge in [0, 0.05) is 5.69 Å². The first-order valence-corrected chi connectivity index (χ1v) is 5.11. The van der Waals surface area contributed by atoms with Gasteiger partial charge >= 0.3 is 12.0 Å². The summed E-state index contributed by atoms with van der Waals surface area (Å²) in [6.07, 6.45) is 0. The third-order valence-electron chi connectivity index (χ3n) is 2.22. The number of nitrogens with one attached hydrogen (secondary N) is 2. The van der Waals surface area contributed by atoms with E-state index in [4.69, 9.17) is 10.2 Å². The average molecular weight is 256 g/mol. The Morgan fingerprint density at radius 1 is 1.44 bits per heavy atom. The first kappa shape index (κ1) is 13.9. The molecule has 0 unspecified atom stereocenters. The fourth-order valence-electron chi connectivity index (χ4n) is 1.18. The van der Waals surface area contributed by atoms with Gasteiger partial charge in [-0.1, -0.05) is 6.07 Å². The van der Waals surface area contributed by atoms with Gasteiger partial charge in [0.05, 0.1) is 6.61 Å². The van der Waals surface area contributed by atoms with Gasteiger partial charge in [0.15, 0.2) is 6.04 Å². The van der Waals surface area contributed by atoms with Crippen molar-refractivity contribution in [3.8, 4) is 0 Å². The van der Waals surface area contributed by atoms with Crippen LogP contribution in [0, 0.1) is 12.7 Å². The molecule has 1 aromatic rings. The number of aryl methyl sites for hydroxylation is 1. The molecular formula is C11H13FN2O4. The van der Waals surface area contributed by atoms with E-state index in [2.05, 4.69) is 5.32 Å². The average Bonchev–Trinajstić information content (AvgIpc) is 2.30. The lowest BCUT2D eigenvalue weighted by Crippen LogP contribution is -2.45. The summed E-state index contributed by atoms with van der Waals surface area (Å²) in [5.41, 5.74) is 0.623. The summed E-state index contributed by atoms with van der Waals surface area (Å²) in [5, 5.41) is 21.6. The number of rotatable bonds is 4. The Balaban J connectivity index is 2.64. The maximum Gasteiger partial charge on any atom is 0.328 e. The Morgan fingerprint density at radius 3 is 2.61 bits per heavy atom. The standard InChI is InChI=1S/C11H13FN2O4/c1-6-2-3-7(4-8(6)12)13-11(18)14-9(5-15)10(16)17/h2-4,9,15H,5H2,1H3,(H,16,17)(H2,13,14,18)/t9-/m1/s1. The van der Waals surface area contributed by atoms with Crippen LogP contribution in [-0.4, -0.2) is 34.9 Å². The number of carboxylic acid groups (broad SMARTS) is 1. The number of hydrogen-bond acceptors (Lipinski definition) is 3. The van der Waals surface area contributed by atoms with Crippen LogP contribution in [0.2, 0.25) is 0 Å². The monoisotopic (exact) mass is 256 g/mol. The summed E-state index contributed by atoms with van der Waals surface area (Å²) in [4.78, 5) is 21.9. The normalized spacial score (nSPS) is 11.7. The van der Waals surface area contributed by atoms with E-state index in [-0.39, 0.29) is 5.69 Å². The van der Waals surface area contributed by atoms with Crippen molar-refractivity contribution in [1.29, 1.82) is 0 Å². The van der Waals surface area contributed by atoms with E-state index in [9.17, 15) is 14.0 Å². The number of hydrogen-bond donors (Lipinski definition) is 4. The van der Waals surface area contributed by atoms with Crippen LogP contribution in [0.25, 0.3) is 0 Å². The summed E-state index contributed by atoms with van der Waals surface area (Å²) in [6, 6.07) is 1.84. The van der Waals surface area contributed by atoms with E-state index in [0.717, 1.165) is 6.07 Å². The fourth-order valence-corrected chi connectivity index (χ4v) is 1.18. The van der Waals surface area contributed by atoms with Crippen LogP contribution in [0.1, 0.15) is 5.56 Å². The molecule has 0 saturated carbocycles. The van der Waals surface area contributed by atoms with E-state index in [1.54, 1.807) is 6.92 Å². The van der Waals surface area contributed by atoms with Crippen molar-refractivity contribution in [2.45, 2.75) is 13.0 Å². The minimum absolute atomic E-state index is 0.192. The van der Waals surface area contributed by atoms with Gasteiger partial charge in [0.1, 0.15) is 5.82 Å². The molecule has 4 N–H and O–H groups in total. The van der Waals surface area contributed by atoms with E-state index < -0.39 is 30.5 Å². The van der Waals surface area contributed by atoms with Gasteiger partial charge in [-0.25, -0.2) is 14.0 Å². The zero-order valence-electron chi connectivity index (χ0n) is 9.61. The van der Waals surface area contributed by atoms with Crippen molar-refractivity contribution in [3.05, 3.63) is 29.6 Å².